The largest absolute Gasteiger partial charge is 0.369 e. The van der Waals surface area contributed by atoms with Gasteiger partial charge in [0.05, 0.1) is 11.5 Å². The van der Waals surface area contributed by atoms with E-state index in [9.17, 15) is 9.18 Å². The molecule has 0 atom stereocenters. The van der Waals surface area contributed by atoms with Crippen LogP contribution in [-0.2, 0) is 10.5 Å². The second-order valence-corrected chi connectivity index (χ2v) is 8.28. The Hall–Kier alpha value is -1.98. The first-order valence-corrected chi connectivity index (χ1v) is 9.76. The lowest BCUT2D eigenvalue weighted by atomic mass is 10.1. The molecule has 0 aliphatic carbocycles. The molecule has 0 radical (unpaired) electrons. The molecule has 2 aromatic heterocycles. The van der Waals surface area contributed by atoms with Gasteiger partial charge in [-0.25, -0.2) is 4.39 Å². The Morgan fingerprint density at radius 1 is 1.32 bits per heavy atom. The fourth-order valence-corrected chi connectivity index (χ4v) is 4.33. The minimum Gasteiger partial charge on any atom is -0.369 e. The van der Waals surface area contributed by atoms with Crippen LogP contribution < -0.4 is 5.73 Å². The van der Waals surface area contributed by atoms with E-state index in [4.69, 9.17) is 10.3 Å². The van der Waals surface area contributed by atoms with Gasteiger partial charge < -0.3 is 10.3 Å². The summed E-state index contributed by atoms with van der Waals surface area (Å²) in [6.07, 6.45) is 0. The van der Waals surface area contributed by atoms with Crippen LogP contribution in [0.1, 0.15) is 11.5 Å². The van der Waals surface area contributed by atoms with E-state index in [1.165, 1.54) is 40.9 Å². The highest BCUT2D eigenvalue weighted by Gasteiger charge is 2.13. The van der Waals surface area contributed by atoms with E-state index in [1.807, 2.05) is 0 Å². The number of primary amides is 1. The van der Waals surface area contributed by atoms with Gasteiger partial charge in [0.1, 0.15) is 5.82 Å². The van der Waals surface area contributed by atoms with Gasteiger partial charge >= 0.3 is 0 Å². The molecule has 3 aromatic rings. The minimum atomic E-state index is -0.402. The molecule has 1 amide bonds. The fraction of sp³-hybridized carbons (Fsp3) is 0.214. The maximum absolute atomic E-state index is 13.6. The van der Waals surface area contributed by atoms with E-state index in [2.05, 4.69) is 20.3 Å². The quantitative estimate of drug-likeness (QED) is 0.606. The van der Waals surface area contributed by atoms with Crippen molar-refractivity contribution in [2.75, 3.05) is 5.75 Å². The maximum Gasteiger partial charge on any atom is 0.237 e. The van der Waals surface area contributed by atoms with Crippen molar-refractivity contribution in [3.8, 4) is 11.4 Å². The standard InChI is InChI=1S/C14H12FN5O2S3/c1-7-2-3-8(4-9(7)15)12-17-11(22-20-12)6-24-14-19-18-13(25-14)23-5-10(16)21/h2-4H,5-6H2,1H3,(H2,16,21). The second kappa shape index (κ2) is 7.93. The molecule has 0 saturated heterocycles. The number of amides is 1. The van der Waals surface area contributed by atoms with Gasteiger partial charge in [0.2, 0.25) is 17.6 Å². The molecule has 2 N–H and O–H groups in total. The van der Waals surface area contributed by atoms with Gasteiger partial charge in [-0.1, -0.05) is 52.1 Å². The number of aromatic nitrogens is 4. The Morgan fingerprint density at radius 2 is 2.08 bits per heavy atom. The molecule has 3 rings (SSSR count). The van der Waals surface area contributed by atoms with E-state index < -0.39 is 5.91 Å². The number of halogens is 1. The first-order chi connectivity index (χ1) is 12.0. The van der Waals surface area contributed by atoms with Crippen LogP contribution in [-0.4, -0.2) is 32.0 Å². The number of carbonyl (C=O) groups is 1. The molecule has 0 spiro atoms. The van der Waals surface area contributed by atoms with Gasteiger partial charge in [-0.15, -0.1) is 10.2 Å². The summed E-state index contributed by atoms with van der Waals surface area (Å²) in [4.78, 5) is 15.0. The number of nitrogens with two attached hydrogens (primary N) is 1. The van der Waals surface area contributed by atoms with Crippen molar-refractivity contribution >= 4 is 40.8 Å². The molecular weight excluding hydrogens is 385 g/mol. The Labute approximate surface area is 154 Å². The van der Waals surface area contributed by atoms with Crippen LogP contribution in [0.3, 0.4) is 0 Å². The number of carbonyl (C=O) groups excluding carboxylic acids is 1. The average Bonchev–Trinajstić information content (AvgIpc) is 3.22. The lowest BCUT2D eigenvalue weighted by Gasteiger charge is -1.97. The Balaban J connectivity index is 1.60. The van der Waals surface area contributed by atoms with Gasteiger partial charge in [0.15, 0.2) is 8.68 Å². The lowest BCUT2D eigenvalue weighted by molar-refractivity contribution is -0.115. The van der Waals surface area contributed by atoms with E-state index in [-0.39, 0.29) is 11.6 Å². The molecule has 25 heavy (non-hydrogen) atoms. The summed E-state index contributed by atoms with van der Waals surface area (Å²) in [6, 6.07) is 4.79. The monoisotopic (exact) mass is 397 g/mol. The van der Waals surface area contributed by atoms with Gasteiger partial charge in [-0.2, -0.15) is 4.98 Å². The zero-order valence-electron chi connectivity index (χ0n) is 12.9. The van der Waals surface area contributed by atoms with Crippen LogP contribution in [0.5, 0.6) is 0 Å². The van der Waals surface area contributed by atoms with Crippen LogP contribution >= 0.6 is 34.9 Å². The molecule has 130 valence electrons. The van der Waals surface area contributed by atoms with Crippen molar-refractivity contribution in [3.05, 3.63) is 35.5 Å². The molecular formula is C14H12FN5O2S3. The highest BCUT2D eigenvalue weighted by Crippen LogP contribution is 2.30. The van der Waals surface area contributed by atoms with E-state index >= 15 is 0 Å². The van der Waals surface area contributed by atoms with Crippen molar-refractivity contribution in [2.45, 2.75) is 21.4 Å². The number of thioether (sulfide) groups is 2. The van der Waals surface area contributed by atoms with Crippen LogP contribution in [0.2, 0.25) is 0 Å². The second-order valence-electron chi connectivity index (χ2n) is 4.85. The number of nitrogens with zero attached hydrogens (tertiary/aromatic N) is 4. The summed E-state index contributed by atoms with van der Waals surface area (Å²) in [6.45, 7) is 1.69. The Morgan fingerprint density at radius 3 is 2.80 bits per heavy atom. The number of aryl methyl sites for hydroxylation is 1. The van der Waals surface area contributed by atoms with E-state index in [0.717, 1.165) is 0 Å². The average molecular weight is 397 g/mol. The number of benzene rings is 1. The minimum absolute atomic E-state index is 0.166. The summed E-state index contributed by atoms with van der Waals surface area (Å²) < 4.78 is 20.2. The van der Waals surface area contributed by atoms with Crippen molar-refractivity contribution in [2.24, 2.45) is 5.73 Å². The lowest BCUT2D eigenvalue weighted by Crippen LogP contribution is -2.12. The predicted molar refractivity (Wildman–Crippen MR) is 93.8 cm³/mol. The van der Waals surface area contributed by atoms with E-state index in [1.54, 1.807) is 19.1 Å². The highest BCUT2D eigenvalue weighted by molar-refractivity contribution is 8.03. The number of rotatable bonds is 7. The maximum atomic E-state index is 13.6. The first-order valence-electron chi connectivity index (χ1n) is 6.98. The first kappa shape index (κ1) is 17.8. The summed E-state index contributed by atoms with van der Waals surface area (Å²) in [5, 5.41) is 11.8. The van der Waals surface area contributed by atoms with Crippen molar-refractivity contribution < 1.29 is 13.7 Å². The molecule has 0 fully saturated rings. The van der Waals surface area contributed by atoms with Crippen molar-refractivity contribution in [1.82, 2.24) is 20.3 Å². The molecule has 0 saturated carbocycles. The molecule has 11 heteroatoms. The predicted octanol–water partition coefficient (Wildman–Crippen LogP) is 2.91. The summed E-state index contributed by atoms with van der Waals surface area (Å²) >= 11 is 3.99. The molecule has 2 heterocycles. The summed E-state index contributed by atoms with van der Waals surface area (Å²) in [5.41, 5.74) is 6.21. The van der Waals surface area contributed by atoms with Crippen molar-refractivity contribution in [3.63, 3.8) is 0 Å². The van der Waals surface area contributed by atoms with Crippen LogP contribution in [0.15, 0.2) is 31.4 Å². The zero-order chi connectivity index (χ0) is 17.8. The molecule has 0 unspecified atom stereocenters. The Bertz CT molecular complexity index is 898. The normalized spacial score (nSPS) is 11.0. The Kier molecular flexibility index (Phi) is 5.66. The molecule has 7 nitrogen and oxygen atoms in total. The third kappa shape index (κ3) is 4.77. The SMILES string of the molecule is Cc1ccc(-c2noc(CSc3nnc(SCC(N)=O)s3)n2)cc1F. The number of hydrogen-bond donors (Lipinski definition) is 1. The van der Waals surface area contributed by atoms with Gasteiger partial charge in [0.25, 0.3) is 0 Å². The molecule has 0 aliphatic heterocycles. The molecule has 1 aromatic carbocycles. The van der Waals surface area contributed by atoms with Crippen LogP contribution in [0.25, 0.3) is 11.4 Å². The smallest absolute Gasteiger partial charge is 0.237 e. The van der Waals surface area contributed by atoms with E-state index in [0.29, 0.717) is 37.3 Å². The topological polar surface area (TPSA) is 108 Å². The third-order valence-corrected chi connectivity index (χ3v) is 6.14. The van der Waals surface area contributed by atoms with Crippen LogP contribution in [0.4, 0.5) is 4.39 Å². The van der Waals surface area contributed by atoms with Gasteiger partial charge in [-0.3, -0.25) is 4.79 Å². The van der Waals surface area contributed by atoms with Crippen LogP contribution in [0, 0.1) is 12.7 Å². The molecule has 0 aliphatic rings. The van der Waals surface area contributed by atoms with Gasteiger partial charge in [-0.05, 0) is 18.6 Å². The summed E-state index contributed by atoms with van der Waals surface area (Å²) in [7, 11) is 0. The number of hydrogen-bond acceptors (Lipinski definition) is 9. The van der Waals surface area contributed by atoms with Crippen molar-refractivity contribution in [1.29, 1.82) is 0 Å². The molecule has 0 bridgehead atoms. The van der Waals surface area contributed by atoms with Gasteiger partial charge in [0, 0.05) is 5.56 Å². The highest BCUT2D eigenvalue weighted by atomic mass is 32.2. The third-order valence-electron chi connectivity index (χ3n) is 2.94. The fourth-order valence-electron chi connectivity index (χ4n) is 1.73. The summed E-state index contributed by atoms with van der Waals surface area (Å²) in [5.74, 6) is 0.607. The zero-order valence-corrected chi connectivity index (χ0v) is 15.4.